The van der Waals surface area contributed by atoms with E-state index >= 15 is 0 Å². The number of para-hydroxylation sites is 1. The van der Waals surface area contributed by atoms with Crippen molar-refractivity contribution in [2.24, 2.45) is 0 Å². The van der Waals surface area contributed by atoms with Gasteiger partial charge in [0.1, 0.15) is 0 Å². The Bertz CT molecular complexity index is 654. The first-order valence-electron chi connectivity index (χ1n) is 6.46. The van der Waals surface area contributed by atoms with Crippen LogP contribution >= 0.6 is 11.6 Å². The number of halogens is 1. The third-order valence-electron chi connectivity index (χ3n) is 2.73. The number of benzene rings is 1. The van der Waals surface area contributed by atoms with Gasteiger partial charge in [0, 0.05) is 6.42 Å². The Kier molecular flexibility index (Phi) is 4.94. The van der Waals surface area contributed by atoms with Gasteiger partial charge in [0.25, 0.3) is 0 Å². The van der Waals surface area contributed by atoms with Crippen LogP contribution in [0.1, 0.15) is 13.3 Å². The van der Waals surface area contributed by atoms with Crippen LogP contribution in [-0.2, 0) is 9.59 Å². The van der Waals surface area contributed by atoms with Crippen LogP contribution in [0.2, 0.25) is 5.02 Å². The molecule has 1 aromatic carbocycles. The molecule has 2 rings (SSSR count). The molecule has 7 heteroatoms. The van der Waals surface area contributed by atoms with Crippen molar-refractivity contribution in [2.75, 3.05) is 11.9 Å². The van der Waals surface area contributed by atoms with Crippen molar-refractivity contribution < 1.29 is 9.59 Å². The predicted molar refractivity (Wildman–Crippen MR) is 80.5 cm³/mol. The quantitative estimate of drug-likeness (QED) is 0.887. The molecular weight excluding hydrogens is 292 g/mol. The largest absolute Gasteiger partial charge is 0.347 e. The van der Waals surface area contributed by atoms with Crippen LogP contribution < -0.4 is 10.6 Å². The molecule has 0 radical (unpaired) electrons. The lowest BCUT2D eigenvalue weighted by Gasteiger charge is -2.04. The summed E-state index contributed by atoms with van der Waals surface area (Å²) in [6.45, 7) is 1.66. The maximum Gasteiger partial charge on any atom is 0.243 e. The van der Waals surface area contributed by atoms with Gasteiger partial charge in [-0.2, -0.15) is 5.10 Å². The van der Waals surface area contributed by atoms with Crippen molar-refractivity contribution >= 4 is 29.1 Å². The summed E-state index contributed by atoms with van der Waals surface area (Å²) in [7, 11) is 0. The molecule has 2 N–H and O–H groups in total. The summed E-state index contributed by atoms with van der Waals surface area (Å²) < 4.78 is 1.57. The van der Waals surface area contributed by atoms with E-state index in [0.717, 1.165) is 5.69 Å². The molecule has 0 aliphatic heterocycles. The maximum atomic E-state index is 11.7. The highest BCUT2D eigenvalue weighted by Gasteiger charge is 2.08. The van der Waals surface area contributed by atoms with E-state index in [4.69, 9.17) is 11.6 Å². The highest BCUT2D eigenvalue weighted by molar-refractivity contribution is 6.32. The van der Waals surface area contributed by atoms with Crippen LogP contribution in [0.4, 0.5) is 5.69 Å². The van der Waals surface area contributed by atoms with Crippen LogP contribution in [-0.4, -0.2) is 28.1 Å². The Labute approximate surface area is 127 Å². The van der Waals surface area contributed by atoms with Crippen molar-refractivity contribution in [1.82, 2.24) is 15.1 Å². The third-order valence-corrected chi connectivity index (χ3v) is 3.05. The molecule has 6 nitrogen and oxygen atoms in total. The molecule has 0 saturated heterocycles. The van der Waals surface area contributed by atoms with E-state index < -0.39 is 0 Å². The second-order valence-corrected chi connectivity index (χ2v) is 4.71. The van der Waals surface area contributed by atoms with Crippen molar-refractivity contribution in [3.63, 3.8) is 0 Å². The maximum absolute atomic E-state index is 11.7. The Hall–Kier alpha value is -2.34. The van der Waals surface area contributed by atoms with Crippen LogP contribution in [0.15, 0.2) is 36.7 Å². The van der Waals surface area contributed by atoms with Gasteiger partial charge in [0.2, 0.25) is 11.8 Å². The zero-order valence-corrected chi connectivity index (χ0v) is 12.2. The summed E-state index contributed by atoms with van der Waals surface area (Å²) in [6, 6.07) is 7.26. The van der Waals surface area contributed by atoms with Gasteiger partial charge in [0.15, 0.2) is 0 Å². The lowest BCUT2D eigenvalue weighted by molar-refractivity contribution is -0.123. The number of carbonyl (C=O) groups is 2. The van der Waals surface area contributed by atoms with Gasteiger partial charge in [0.05, 0.1) is 35.3 Å². The van der Waals surface area contributed by atoms with Crippen molar-refractivity contribution in [1.29, 1.82) is 0 Å². The number of amides is 2. The van der Waals surface area contributed by atoms with Crippen LogP contribution in [0, 0.1) is 0 Å². The molecule has 1 aromatic heterocycles. The van der Waals surface area contributed by atoms with E-state index in [9.17, 15) is 9.59 Å². The predicted octanol–water partition coefficient (Wildman–Crippen LogP) is 1.99. The number of aromatic nitrogens is 2. The fraction of sp³-hybridized carbons (Fsp3) is 0.214. The van der Waals surface area contributed by atoms with E-state index in [1.54, 1.807) is 23.9 Å². The normalized spacial score (nSPS) is 10.2. The number of rotatable bonds is 5. The molecule has 0 bridgehead atoms. The molecule has 2 amide bonds. The van der Waals surface area contributed by atoms with E-state index in [2.05, 4.69) is 15.7 Å². The lowest BCUT2D eigenvalue weighted by Crippen LogP contribution is -2.32. The summed E-state index contributed by atoms with van der Waals surface area (Å²) in [5.41, 5.74) is 1.25. The molecule has 21 heavy (non-hydrogen) atoms. The minimum absolute atomic E-state index is 0.0655. The van der Waals surface area contributed by atoms with E-state index in [1.807, 2.05) is 18.2 Å². The summed E-state index contributed by atoms with van der Waals surface area (Å²) in [5, 5.41) is 9.86. The molecule has 0 aliphatic rings. The zero-order valence-electron chi connectivity index (χ0n) is 11.5. The van der Waals surface area contributed by atoms with Crippen LogP contribution in [0.25, 0.3) is 5.69 Å². The molecule has 0 saturated carbocycles. The average Bonchev–Trinajstić information content (AvgIpc) is 2.93. The monoisotopic (exact) mass is 306 g/mol. The SMILES string of the molecule is CCC(=O)NCC(=O)Nc1cnn(-c2ccccc2Cl)c1. The fourth-order valence-corrected chi connectivity index (χ4v) is 1.89. The summed E-state index contributed by atoms with van der Waals surface area (Å²) in [4.78, 5) is 22.7. The first kappa shape index (κ1) is 15.1. The number of anilines is 1. The Balaban J connectivity index is 1.99. The Morgan fingerprint density at radius 2 is 2.05 bits per heavy atom. The van der Waals surface area contributed by atoms with Crippen molar-refractivity contribution in [3.05, 3.63) is 41.7 Å². The van der Waals surface area contributed by atoms with Gasteiger partial charge >= 0.3 is 0 Å². The average molecular weight is 307 g/mol. The number of nitrogens with one attached hydrogen (secondary N) is 2. The first-order valence-corrected chi connectivity index (χ1v) is 6.84. The topological polar surface area (TPSA) is 76.0 Å². The van der Waals surface area contributed by atoms with Crippen LogP contribution in [0.3, 0.4) is 0 Å². The molecule has 110 valence electrons. The summed E-state index contributed by atoms with van der Waals surface area (Å²) in [6.07, 6.45) is 3.52. The van der Waals surface area contributed by atoms with Crippen LogP contribution in [0.5, 0.6) is 0 Å². The van der Waals surface area contributed by atoms with Gasteiger partial charge in [-0.3, -0.25) is 9.59 Å². The molecular formula is C14H15ClN4O2. The first-order chi connectivity index (χ1) is 10.1. The zero-order chi connectivity index (χ0) is 15.2. The smallest absolute Gasteiger partial charge is 0.243 e. The van der Waals surface area contributed by atoms with Crippen molar-refractivity contribution in [3.8, 4) is 5.69 Å². The summed E-state index contributed by atoms with van der Waals surface area (Å²) >= 11 is 6.08. The molecule has 1 heterocycles. The standard InChI is InChI=1S/C14H15ClN4O2/c1-2-13(20)16-8-14(21)18-10-7-17-19(9-10)12-6-4-3-5-11(12)15/h3-7,9H,2,8H2,1H3,(H,16,20)(H,18,21). The highest BCUT2D eigenvalue weighted by atomic mass is 35.5. The van der Waals surface area contributed by atoms with E-state index in [0.29, 0.717) is 17.1 Å². The Morgan fingerprint density at radius 3 is 2.76 bits per heavy atom. The number of carbonyl (C=O) groups excluding carboxylic acids is 2. The minimum atomic E-state index is -0.310. The molecule has 0 atom stereocenters. The number of hydrogen-bond acceptors (Lipinski definition) is 3. The third kappa shape index (κ3) is 4.06. The molecule has 0 fully saturated rings. The molecule has 2 aromatic rings. The summed E-state index contributed by atoms with van der Waals surface area (Å²) in [5.74, 6) is -0.479. The molecule has 0 aliphatic carbocycles. The number of hydrogen-bond donors (Lipinski definition) is 2. The lowest BCUT2D eigenvalue weighted by atomic mass is 10.3. The van der Waals surface area contributed by atoms with Gasteiger partial charge in [-0.25, -0.2) is 4.68 Å². The van der Waals surface area contributed by atoms with Crippen molar-refractivity contribution in [2.45, 2.75) is 13.3 Å². The highest BCUT2D eigenvalue weighted by Crippen LogP contribution is 2.20. The fourth-order valence-electron chi connectivity index (χ4n) is 1.67. The Morgan fingerprint density at radius 1 is 1.29 bits per heavy atom. The van der Waals surface area contributed by atoms with Gasteiger partial charge < -0.3 is 10.6 Å². The molecule has 0 spiro atoms. The van der Waals surface area contributed by atoms with Gasteiger partial charge in [-0.15, -0.1) is 0 Å². The second kappa shape index (κ2) is 6.90. The van der Waals surface area contributed by atoms with E-state index in [-0.39, 0.29) is 18.4 Å². The van der Waals surface area contributed by atoms with Gasteiger partial charge in [-0.05, 0) is 12.1 Å². The molecule has 0 unspecified atom stereocenters. The second-order valence-electron chi connectivity index (χ2n) is 4.30. The van der Waals surface area contributed by atoms with Gasteiger partial charge in [-0.1, -0.05) is 30.7 Å². The van der Waals surface area contributed by atoms with E-state index in [1.165, 1.54) is 6.20 Å². The minimum Gasteiger partial charge on any atom is -0.347 e. The number of nitrogens with zero attached hydrogens (tertiary/aromatic N) is 2.